The Morgan fingerprint density at radius 3 is 2.41 bits per heavy atom. The molecular formula is C29H29BrN4O3S2. The summed E-state index contributed by atoms with van der Waals surface area (Å²) in [6.07, 6.45) is 6.60. The van der Waals surface area contributed by atoms with Crippen LogP contribution in [0.1, 0.15) is 53.6 Å². The van der Waals surface area contributed by atoms with Gasteiger partial charge in [-0.05, 0) is 67.8 Å². The zero-order chi connectivity index (χ0) is 27.6. The Morgan fingerprint density at radius 1 is 1.03 bits per heavy atom. The van der Waals surface area contributed by atoms with Gasteiger partial charge in [-0.2, -0.15) is 14.4 Å². The molecule has 7 nitrogen and oxygen atoms in total. The third-order valence-electron chi connectivity index (χ3n) is 6.98. The molecule has 0 saturated heterocycles. The number of carbonyl (C=O) groups is 1. The third kappa shape index (κ3) is 6.14. The van der Waals surface area contributed by atoms with Crippen LogP contribution in [-0.2, 0) is 10.0 Å². The van der Waals surface area contributed by atoms with Crippen LogP contribution in [-0.4, -0.2) is 42.9 Å². The molecule has 5 rings (SSSR count). The van der Waals surface area contributed by atoms with Gasteiger partial charge in [0.2, 0.25) is 15.2 Å². The second-order valence-corrected chi connectivity index (χ2v) is 13.6. The zero-order valence-electron chi connectivity index (χ0n) is 21.7. The first-order valence-corrected chi connectivity index (χ1v) is 15.9. The fourth-order valence-electron chi connectivity index (χ4n) is 4.64. The van der Waals surface area contributed by atoms with E-state index in [9.17, 15) is 13.2 Å². The number of hydrazone groups is 1. The molecule has 1 saturated carbocycles. The largest absolute Gasteiger partial charge is 0.280 e. The van der Waals surface area contributed by atoms with Crippen LogP contribution >= 0.6 is 27.3 Å². The summed E-state index contributed by atoms with van der Waals surface area (Å²) in [5, 5.41) is 6.21. The predicted molar refractivity (Wildman–Crippen MR) is 161 cm³/mol. The lowest BCUT2D eigenvalue weighted by atomic mass is 9.96. The second kappa shape index (κ2) is 11.7. The van der Waals surface area contributed by atoms with Gasteiger partial charge in [0, 0.05) is 23.1 Å². The van der Waals surface area contributed by atoms with Crippen LogP contribution in [0.25, 0.3) is 10.2 Å². The van der Waals surface area contributed by atoms with Gasteiger partial charge in [0.25, 0.3) is 5.91 Å². The number of benzene rings is 3. The molecule has 1 aliphatic rings. The number of halogens is 1. The van der Waals surface area contributed by atoms with Crippen LogP contribution in [0.2, 0.25) is 0 Å². The topological polar surface area (TPSA) is 82.9 Å². The lowest BCUT2D eigenvalue weighted by molar-refractivity contribution is 0.0987. The molecule has 0 unspecified atom stereocenters. The number of hydrogen-bond donors (Lipinski definition) is 0. The first-order valence-electron chi connectivity index (χ1n) is 12.8. The third-order valence-corrected chi connectivity index (χ3v) is 10.4. The maximum Gasteiger partial charge on any atom is 0.280 e. The van der Waals surface area contributed by atoms with Crippen molar-refractivity contribution in [3.8, 4) is 0 Å². The summed E-state index contributed by atoms with van der Waals surface area (Å²) in [5.41, 5.74) is 3.04. The molecule has 0 spiro atoms. The number of nitrogens with zero attached hydrogens (tertiary/aromatic N) is 4. The molecule has 1 heterocycles. The number of sulfonamides is 1. The summed E-state index contributed by atoms with van der Waals surface area (Å²) in [5.74, 6) is -0.402. The van der Waals surface area contributed by atoms with Crippen molar-refractivity contribution in [1.82, 2.24) is 9.29 Å². The Kier molecular flexibility index (Phi) is 8.27. The number of thiazole rings is 1. The predicted octanol–water partition coefficient (Wildman–Crippen LogP) is 7.00. The van der Waals surface area contributed by atoms with Crippen molar-refractivity contribution in [2.75, 3.05) is 12.1 Å². The van der Waals surface area contributed by atoms with Gasteiger partial charge in [0.15, 0.2) is 0 Å². The number of anilines is 1. The van der Waals surface area contributed by atoms with Crippen LogP contribution in [0.5, 0.6) is 0 Å². The van der Waals surface area contributed by atoms with Gasteiger partial charge in [-0.3, -0.25) is 4.79 Å². The minimum absolute atomic E-state index is 0.00994. The van der Waals surface area contributed by atoms with E-state index >= 15 is 0 Å². The monoisotopic (exact) mass is 624 g/mol. The molecule has 10 heteroatoms. The van der Waals surface area contributed by atoms with Crippen LogP contribution in [0.15, 0.2) is 81.2 Å². The minimum atomic E-state index is -3.66. The van der Waals surface area contributed by atoms with Crippen molar-refractivity contribution in [2.24, 2.45) is 5.10 Å². The van der Waals surface area contributed by atoms with E-state index in [1.54, 1.807) is 25.4 Å². The zero-order valence-corrected chi connectivity index (χ0v) is 25.0. The molecule has 39 heavy (non-hydrogen) atoms. The van der Waals surface area contributed by atoms with Crippen LogP contribution in [0.4, 0.5) is 5.13 Å². The van der Waals surface area contributed by atoms with Crippen molar-refractivity contribution >= 4 is 64.8 Å². The molecule has 0 N–H and O–H groups in total. The van der Waals surface area contributed by atoms with E-state index in [1.165, 1.54) is 32.8 Å². The average molecular weight is 626 g/mol. The van der Waals surface area contributed by atoms with Crippen LogP contribution < -0.4 is 5.01 Å². The highest BCUT2D eigenvalue weighted by molar-refractivity contribution is 9.10. The quantitative estimate of drug-likeness (QED) is 0.164. The molecule has 1 fully saturated rings. The summed E-state index contributed by atoms with van der Waals surface area (Å²) in [4.78, 5) is 18.5. The number of carbonyl (C=O) groups excluding carboxylic acids is 1. The van der Waals surface area contributed by atoms with Crippen molar-refractivity contribution in [1.29, 1.82) is 0 Å². The van der Waals surface area contributed by atoms with Gasteiger partial charge >= 0.3 is 0 Å². The summed E-state index contributed by atoms with van der Waals surface area (Å²) >= 11 is 4.84. The maximum absolute atomic E-state index is 13.7. The first kappa shape index (κ1) is 27.6. The van der Waals surface area contributed by atoms with Crippen LogP contribution in [0.3, 0.4) is 0 Å². The van der Waals surface area contributed by atoms with E-state index in [2.05, 4.69) is 26.0 Å². The van der Waals surface area contributed by atoms with Crippen molar-refractivity contribution in [3.63, 3.8) is 0 Å². The molecule has 0 radical (unpaired) electrons. The van der Waals surface area contributed by atoms with E-state index in [4.69, 9.17) is 0 Å². The summed E-state index contributed by atoms with van der Waals surface area (Å²) in [7, 11) is -2.01. The molecule has 1 aliphatic carbocycles. The van der Waals surface area contributed by atoms with Gasteiger partial charge < -0.3 is 0 Å². The second-order valence-electron chi connectivity index (χ2n) is 9.72. The highest BCUT2D eigenvalue weighted by Crippen LogP contribution is 2.32. The molecule has 1 aromatic heterocycles. The number of fused-ring (bicyclic) bond motifs is 1. The molecule has 202 valence electrons. The fourth-order valence-corrected chi connectivity index (χ4v) is 7.53. The molecule has 1 amide bonds. The lowest BCUT2D eigenvalue weighted by Crippen LogP contribution is -2.38. The van der Waals surface area contributed by atoms with Gasteiger partial charge in [-0.25, -0.2) is 13.4 Å². The number of amides is 1. The van der Waals surface area contributed by atoms with Crippen LogP contribution in [0, 0.1) is 6.92 Å². The first-order chi connectivity index (χ1) is 18.7. The van der Waals surface area contributed by atoms with E-state index in [1.807, 2.05) is 49.4 Å². The van der Waals surface area contributed by atoms with Crippen molar-refractivity contribution < 1.29 is 13.2 Å². The molecular weight excluding hydrogens is 596 g/mol. The van der Waals surface area contributed by atoms with E-state index < -0.39 is 15.9 Å². The smallest absolute Gasteiger partial charge is 0.267 e. The Morgan fingerprint density at radius 2 is 1.72 bits per heavy atom. The van der Waals surface area contributed by atoms with E-state index in [-0.39, 0.29) is 10.9 Å². The number of aryl methyl sites for hydroxylation is 1. The van der Waals surface area contributed by atoms with Crippen molar-refractivity contribution in [3.05, 3.63) is 87.9 Å². The summed E-state index contributed by atoms with van der Waals surface area (Å²) in [6, 6.07) is 19.6. The Bertz CT molecular complexity index is 1610. The summed E-state index contributed by atoms with van der Waals surface area (Å²) < 4.78 is 29.9. The van der Waals surface area contributed by atoms with Gasteiger partial charge in [0.1, 0.15) is 0 Å². The van der Waals surface area contributed by atoms with Crippen molar-refractivity contribution in [2.45, 2.75) is 50.0 Å². The Labute approximate surface area is 241 Å². The average Bonchev–Trinajstić information content (AvgIpc) is 3.37. The van der Waals surface area contributed by atoms with Gasteiger partial charge in [0.05, 0.1) is 21.3 Å². The Hall–Kier alpha value is -2.92. The number of rotatable bonds is 7. The van der Waals surface area contributed by atoms with E-state index in [0.717, 1.165) is 57.9 Å². The fraction of sp³-hybridized carbons (Fsp3) is 0.276. The maximum atomic E-state index is 13.7. The summed E-state index contributed by atoms with van der Waals surface area (Å²) in [6.45, 7) is 2.01. The number of aromatic nitrogens is 1. The highest BCUT2D eigenvalue weighted by atomic mass is 79.9. The number of hydrogen-bond acceptors (Lipinski definition) is 6. The molecule has 0 atom stereocenters. The van der Waals surface area contributed by atoms with Gasteiger partial charge in [-0.1, -0.05) is 76.4 Å². The Balaban J connectivity index is 1.45. The normalized spacial score (nSPS) is 14.9. The highest BCUT2D eigenvalue weighted by Gasteiger charge is 2.29. The van der Waals surface area contributed by atoms with E-state index in [0.29, 0.717) is 10.7 Å². The molecule has 0 bridgehead atoms. The van der Waals surface area contributed by atoms with Gasteiger partial charge in [-0.15, -0.1) is 0 Å². The molecule has 4 aromatic rings. The molecule has 0 aliphatic heterocycles. The SMILES string of the molecule is Cc1ccc(/C=N/N(C(=O)c2ccc(S(=O)(=O)N(C)C3CCCCC3)cc2)c2nc3ccc(Br)cc3s2)cc1. The standard InChI is InChI=1S/C29H29BrN4O3S2/c1-20-8-10-21(11-9-20)19-31-34(29-32-26-17-14-23(30)18-27(26)38-29)28(35)22-12-15-25(16-13-22)39(36,37)33(2)24-6-4-3-5-7-24/h8-19,24H,3-7H2,1-2H3/b31-19+. The lowest BCUT2D eigenvalue weighted by Gasteiger charge is -2.30. The minimum Gasteiger partial charge on any atom is -0.267 e. The molecule has 3 aromatic carbocycles.